The number of hydrogen-bond donors (Lipinski definition) is 0. The first-order valence-electron chi connectivity index (χ1n) is 6.45. The summed E-state index contributed by atoms with van der Waals surface area (Å²) in [6, 6.07) is 15.6. The Bertz CT molecular complexity index is 782. The first kappa shape index (κ1) is 12.4. The molecule has 0 aliphatic carbocycles. The Morgan fingerprint density at radius 3 is 2.65 bits per heavy atom. The van der Waals surface area contributed by atoms with Gasteiger partial charge >= 0.3 is 0 Å². The number of hydrogen-bond acceptors (Lipinski definition) is 2. The number of benzene rings is 2. The molecule has 0 saturated heterocycles. The van der Waals surface area contributed by atoms with E-state index >= 15 is 0 Å². The summed E-state index contributed by atoms with van der Waals surface area (Å²) < 4.78 is 1.56. The number of rotatable bonds is 2. The predicted octanol–water partition coefficient (Wildman–Crippen LogP) is 3.70. The van der Waals surface area contributed by atoms with Crippen molar-refractivity contribution in [3.63, 3.8) is 0 Å². The molecule has 0 radical (unpaired) electrons. The van der Waals surface area contributed by atoms with Gasteiger partial charge in [-0.1, -0.05) is 42.0 Å². The molecule has 0 spiro atoms. The summed E-state index contributed by atoms with van der Waals surface area (Å²) in [5.74, 6) is -0.0979. The first-order chi connectivity index (χ1) is 9.74. The maximum absolute atomic E-state index is 12.2. The minimum Gasteiger partial charge on any atom is -0.269 e. The standard InChI is InChI=1S/C17H14N2O/c1-13-6-8-14(9-7-13)10-11-17(20)19-12-18-15-4-2-3-5-16(15)19/h2-12H,1H3/b11-10+. The van der Waals surface area contributed by atoms with Gasteiger partial charge < -0.3 is 0 Å². The summed E-state index contributed by atoms with van der Waals surface area (Å²) in [5, 5.41) is 0. The summed E-state index contributed by atoms with van der Waals surface area (Å²) >= 11 is 0. The topological polar surface area (TPSA) is 34.9 Å². The minimum atomic E-state index is -0.0979. The van der Waals surface area contributed by atoms with E-state index in [-0.39, 0.29) is 5.91 Å². The fraction of sp³-hybridized carbons (Fsp3) is 0.0588. The van der Waals surface area contributed by atoms with Crippen LogP contribution in [-0.4, -0.2) is 15.5 Å². The summed E-state index contributed by atoms with van der Waals surface area (Å²) in [7, 11) is 0. The molecule has 0 saturated carbocycles. The van der Waals surface area contributed by atoms with Crippen molar-refractivity contribution in [2.24, 2.45) is 0 Å². The lowest BCUT2D eigenvalue weighted by Gasteiger charge is -1.98. The number of carbonyl (C=O) groups is 1. The van der Waals surface area contributed by atoms with E-state index in [2.05, 4.69) is 4.98 Å². The molecule has 0 aliphatic rings. The lowest BCUT2D eigenvalue weighted by molar-refractivity contribution is 0.0974. The summed E-state index contributed by atoms with van der Waals surface area (Å²) in [5.41, 5.74) is 3.86. The zero-order valence-corrected chi connectivity index (χ0v) is 11.2. The van der Waals surface area contributed by atoms with Crippen LogP contribution in [0, 0.1) is 6.92 Å². The van der Waals surface area contributed by atoms with Crippen molar-refractivity contribution in [2.45, 2.75) is 6.92 Å². The summed E-state index contributed by atoms with van der Waals surface area (Å²) in [6.07, 6.45) is 4.95. The van der Waals surface area contributed by atoms with Crippen LogP contribution in [0.25, 0.3) is 17.1 Å². The highest BCUT2D eigenvalue weighted by atomic mass is 16.1. The molecule has 0 amide bonds. The minimum absolute atomic E-state index is 0.0979. The van der Waals surface area contributed by atoms with E-state index in [4.69, 9.17) is 0 Å². The van der Waals surface area contributed by atoms with E-state index in [0.29, 0.717) is 0 Å². The van der Waals surface area contributed by atoms with Gasteiger partial charge in [0, 0.05) is 6.08 Å². The van der Waals surface area contributed by atoms with Crippen molar-refractivity contribution >= 4 is 23.0 Å². The zero-order valence-electron chi connectivity index (χ0n) is 11.2. The third kappa shape index (κ3) is 2.38. The lowest BCUT2D eigenvalue weighted by atomic mass is 10.1. The molecular formula is C17H14N2O. The molecule has 1 heterocycles. The normalized spacial score (nSPS) is 11.2. The Kier molecular flexibility index (Phi) is 3.17. The monoisotopic (exact) mass is 262 g/mol. The lowest BCUT2D eigenvalue weighted by Crippen LogP contribution is -2.05. The molecule has 3 rings (SSSR count). The summed E-state index contributed by atoms with van der Waals surface area (Å²) in [6.45, 7) is 2.04. The van der Waals surface area contributed by atoms with Gasteiger partial charge in [0.05, 0.1) is 11.0 Å². The molecule has 0 fully saturated rings. The van der Waals surface area contributed by atoms with Gasteiger partial charge in [-0.25, -0.2) is 4.98 Å². The van der Waals surface area contributed by atoms with Crippen LogP contribution >= 0.6 is 0 Å². The second kappa shape index (κ2) is 5.13. The van der Waals surface area contributed by atoms with Crippen molar-refractivity contribution in [1.82, 2.24) is 9.55 Å². The third-order valence-electron chi connectivity index (χ3n) is 3.19. The number of carbonyl (C=O) groups excluding carboxylic acids is 1. The molecular weight excluding hydrogens is 248 g/mol. The van der Waals surface area contributed by atoms with Gasteiger partial charge in [-0.05, 0) is 30.7 Å². The predicted molar refractivity (Wildman–Crippen MR) is 80.6 cm³/mol. The molecule has 1 aromatic heterocycles. The van der Waals surface area contributed by atoms with E-state index in [0.717, 1.165) is 16.6 Å². The Hall–Kier alpha value is -2.68. The maximum atomic E-state index is 12.2. The number of aryl methyl sites for hydroxylation is 1. The fourth-order valence-electron chi connectivity index (χ4n) is 2.06. The number of imidazole rings is 1. The molecule has 98 valence electrons. The molecule has 0 bridgehead atoms. The van der Waals surface area contributed by atoms with Crippen molar-refractivity contribution in [3.8, 4) is 0 Å². The van der Waals surface area contributed by atoms with Gasteiger partial charge in [0.25, 0.3) is 5.91 Å². The van der Waals surface area contributed by atoms with E-state index in [1.165, 1.54) is 5.56 Å². The van der Waals surface area contributed by atoms with E-state index in [9.17, 15) is 4.79 Å². The molecule has 2 aromatic carbocycles. The second-order valence-corrected chi connectivity index (χ2v) is 4.69. The van der Waals surface area contributed by atoms with Crippen molar-refractivity contribution < 1.29 is 4.79 Å². The van der Waals surface area contributed by atoms with Crippen molar-refractivity contribution in [2.75, 3.05) is 0 Å². The van der Waals surface area contributed by atoms with E-state index < -0.39 is 0 Å². The highest BCUT2D eigenvalue weighted by Crippen LogP contribution is 2.12. The number of para-hydroxylation sites is 2. The van der Waals surface area contributed by atoms with Crippen LogP contribution in [0.4, 0.5) is 0 Å². The maximum Gasteiger partial charge on any atom is 0.256 e. The highest BCUT2D eigenvalue weighted by molar-refractivity contribution is 5.99. The number of aromatic nitrogens is 2. The van der Waals surface area contributed by atoms with Crippen molar-refractivity contribution in [1.29, 1.82) is 0 Å². The summed E-state index contributed by atoms with van der Waals surface area (Å²) in [4.78, 5) is 16.4. The van der Waals surface area contributed by atoms with Crippen LogP contribution in [0.3, 0.4) is 0 Å². The van der Waals surface area contributed by atoms with Gasteiger partial charge in [0.2, 0.25) is 0 Å². The van der Waals surface area contributed by atoms with E-state index in [1.54, 1.807) is 17.0 Å². The molecule has 3 nitrogen and oxygen atoms in total. The van der Waals surface area contributed by atoms with Gasteiger partial charge in [-0.3, -0.25) is 9.36 Å². The molecule has 0 N–H and O–H groups in total. The second-order valence-electron chi connectivity index (χ2n) is 4.69. The third-order valence-corrected chi connectivity index (χ3v) is 3.19. The molecule has 20 heavy (non-hydrogen) atoms. The Morgan fingerprint density at radius 2 is 1.85 bits per heavy atom. The first-order valence-corrected chi connectivity index (χ1v) is 6.45. The quantitative estimate of drug-likeness (QED) is 0.660. The molecule has 0 aliphatic heterocycles. The molecule has 3 aromatic rings. The zero-order chi connectivity index (χ0) is 13.9. The number of nitrogens with zero attached hydrogens (tertiary/aromatic N) is 2. The van der Waals surface area contributed by atoms with Gasteiger partial charge in [0.1, 0.15) is 6.33 Å². The SMILES string of the molecule is Cc1ccc(/C=C/C(=O)n2cnc3ccccc32)cc1. The van der Waals surface area contributed by atoms with Gasteiger partial charge in [-0.15, -0.1) is 0 Å². The Labute approximate surface area is 117 Å². The van der Waals surface area contributed by atoms with Crippen LogP contribution < -0.4 is 0 Å². The number of allylic oxidation sites excluding steroid dienone is 1. The number of fused-ring (bicyclic) bond motifs is 1. The van der Waals surface area contributed by atoms with Gasteiger partial charge in [0.15, 0.2) is 0 Å². The smallest absolute Gasteiger partial charge is 0.256 e. The van der Waals surface area contributed by atoms with Crippen molar-refractivity contribution in [3.05, 3.63) is 72.1 Å². The van der Waals surface area contributed by atoms with Crippen LogP contribution in [-0.2, 0) is 0 Å². The highest BCUT2D eigenvalue weighted by Gasteiger charge is 2.06. The average Bonchev–Trinajstić information content (AvgIpc) is 2.90. The van der Waals surface area contributed by atoms with Crippen LogP contribution in [0.5, 0.6) is 0 Å². The molecule has 0 atom stereocenters. The van der Waals surface area contributed by atoms with Crippen LogP contribution in [0.1, 0.15) is 15.9 Å². The Balaban J connectivity index is 1.87. The van der Waals surface area contributed by atoms with E-state index in [1.807, 2.05) is 61.5 Å². The Morgan fingerprint density at radius 1 is 1.10 bits per heavy atom. The average molecular weight is 262 g/mol. The van der Waals surface area contributed by atoms with Crippen LogP contribution in [0.15, 0.2) is 60.9 Å². The largest absolute Gasteiger partial charge is 0.269 e. The van der Waals surface area contributed by atoms with Gasteiger partial charge in [-0.2, -0.15) is 0 Å². The molecule has 0 unspecified atom stereocenters. The fourth-order valence-corrected chi connectivity index (χ4v) is 2.06. The van der Waals surface area contributed by atoms with Crippen LogP contribution in [0.2, 0.25) is 0 Å². The molecule has 3 heteroatoms.